The molecule has 1 aromatic carbocycles. The summed E-state index contributed by atoms with van der Waals surface area (Å²) >= 11 is 1.66. The molecule has 7 heteroatoms. The first-order valence-corrected chi connectivity index (χ1v) is 9.25. The lowest BCUT2D eigenvalue weighted by atomic mass is 10.2. The molecule has 0 fully saturated rings. The first kappa shape index (κ1) is 17.7. The van der Waals surface area contributed by atoms with Crippen LogP contribution >= 0.6 is 11.8 Å². The molecule has 0 aromatic heterocycles. The summed E-state index contributed by atoms with van der Waals surface area (Å²) in [5.74, 6) is -0.197. The molecule has 0 saturated carbocycles. The Morgan fingerprint density at radius 3 is 2.81 bits per heavy atom. The van der Waals surface area contributed by atoms with Gasteiger partial charge in [-0.2, -0.15) is 11.8 Å². The van der Waals surface area contributed by atoms with Gasteiger partial charge in [0.2, 0.25) is 10.0 Å². The molecular formula is C14H19NO4S2. The van der Waals surface area contributed by atoms with E-state index in [1.54, 1.807) is 23.9 Å². The molecule has 0 amide bonds. The molecule has 0 spiro atoms. The van der Waals surface area contributed by atoms with Crippen LogP contribution in [0.3, 0.4) is 0 Å². The fraction of sp³-hybridized carbons (Fsp3) is 0.357. The third-order valence-corrected chi connectivity index (χ3v) is 4.93. The van der Waals surface area contributed by atoms with Crippen LogP contribution in [0.2, 0.25) is 0 Å². The highest BCUT2D eigenvalue weighted by Gasteiger charge is 2.17. The summed E-state index contributed by atoms with van der Waals surface area (Å²) in [6.07, 6.45) is 5.05. The van der Waals surface area contributed by atoms with Gasteiger partial charge in [-0.1, -0.05) is 12.1 Å². The minimum atomic E-state index is -3.59. The quantitative estimate of drug-likeness (QED) is 0.714. The molecule has 1 rings (SSSR count). The zero-order valence-corrected chi connectivity index (χ0v) is 13.6. The molecule has 0 saturated heterocycles. The Balaban J connectivity index is 2.88. The zero-order chi connectivity index (χ0) is 15.9. The average molecular weight is 329 g/mol. The number of hydrogen-bond acceptors (Lipinski definition) is 4. The van der Waals surface area contributed by atoms with Crippen molar-refractivity contribution in [3.05, 3.63) is 35.9 Å². The van der Waals surface area contributed by atoms with Crippen molar-refractivity contribution in [1.29, 1.82) is 0 Å². The monoisotopic (exact) mass is 329 g/mol. The molecule has 21 heavy (non-hydrogen) atoms. The van der Waals surface area contributed by atoms with Crippen LogP contribution in [0.5, 0.6) is 0 Å². The molecule has 0 aliphatic heterocycles. The number of aliphatic carboxylic acids is 1. The number of sulfonamides is 1. The van der Waals surface area contributed by atoms with E-state index in [1.807, 2.05) is 13.2 Å². The maximum absolute atomic E-state index is 12.2. The van der Waals surface area contributed by atoms with Crippen molar-refractivity contribution >= 4 is 33.8 Å². The fourth-order valence-corrected chi connectivity index (χ4v) is 3.56. The number of carboxylic acids is 1. The minimum Gasteiger partial charge on any atom is -0.478 e. The molecule has 2 N–H and O–H groups in total. The van der Waals surface area contributed by atoms with Crippen LogP contribution in [0.4, 0.5) is 0 Å². The van der Waals surface area contributed by atoms with Gasteiger partial charge in [0.05, 0.1) is 4.90 Å². The van der Waals surface area contributed by atoms with Gasteiger partial charge in [-0.15, -0.1) is 0 Å². The van der Waals surface area contributed by atoms with Gasteiger partial charge < -0.3 is 5.11 Å². The van der Waals surface area contributed by atoms with Crippen LogP contribution in [-0.2, 0) is 14.8 Å². The van der Waals surface area contributed by atoms with Crippen molar-refractivity contribution in [3.8, 4) is 0 Å². The van der Waals surface area contributed by atoms with Crippen LogP contribution in [0.25, 0.3) is 6.08 Å². The SMILES string of the molecule is CSCCC(C)NS(=O)(=O)c1cccc(/C=C/C(=O)O)c1. The lowest BCUT2D eigenvalue weighted by Gasteiger charge is -2.13. The predicted molar refractivity (Wildman–Crippen MR) is 85.9 cm³/mol. The van der Waals surface area contributed by atoms with E-state index in [0.717, 1.165) is 18.2 Å². The number of rotatable bonds is 8. The number of hydrogen-bond donors (Lipinski definition) is 2. The number of thioether (sulfide) groups is 1. The molecule has 0 aliphatic rings. The van der Waals surface area contributed by atoms with E-state index in [-0.39, 0.29) is 10.9 Å². The molecule has 0 bridgehead atoms. The molecule has 0 heterocycles. The molecule has 1 atom stereocenters. The van der Waals surface area contributed by atoms with Crippen LogP contribution in [-0.4, -0.2) is 37.5 Å². The topological polar surface area (TPSA) is 83.5 Å². The van der Waals surface area contributed by atoms with E-state index < -0.39 is 16.0 Å². The van der Waals surface area contributed by atoms with E-state index in [1.165, 1.54) is 18.2 Å². The van der Waals surface area contributed by atoms with E-state index in [4.69, 9.17) is 5.11 Å². The number of benzene rings is 1. The second-order valence-corrected chi connectivity index (χ2v) is 7.25. The molecule has 5 nitrogen and oxygen atoms in total. The maximum atomic E-state index is 12.2. The normalized spacial score (nSPS) is 13.4. The Morgan fingerprint density at radius 1 is 1.48 bits per heavy atom. The third kappa shape index (κ3) is 6.33. The van der Waals surface area contributed by atoms with Crippen molar-refractivity contribution in [2.24, 2.45) is 0 Å². The summed E-state index contributed by atoms with van der Waals surface area (Å²) in [4.78, 5) is 10.6. The lowest BCUT2D eigenvalue weighted by molar-refractivity contribution is -0.131. The molecule has 1 aromatic rings. The summed E-state index contributed by atoms with van der Waals surface area (Å²) < 4.78 is 27.1. The zero-order valence-electron chi connectivity index (χ0n) is 11.9. The van der Waals surface area contributed by atoms with E-state index in [9.17, 15) is 13.2 Å². The van der Waals surface area contributed by atoms with E-state index >= 15 is 0 Å². The lowest BCUT2D eigenvalue weighted by Crippen LogP contribution is -2.33. The minimum absolute atomic E-state index is 0.131. The maximum Gasteiger partial charge on any atom is 0.328 e. The van der Waals surface area contributed by atoms with Gasteiger partial charge in [-0.3, -0.25) is 0 Å². The summed E-state index contributed by atoms with van der Waals surface area (Å²) in [6, 6.07) is 6.02. The molecule has 116 valence electrons. The molecule has 0 aliphatic carbocycles. The highest BCUT2D eigenvalue weighted by molar-refractivity contribution is 7.98. The van der Waals surface area contributed by atoms with Crippen LogP contribution < -0.4 is 4.72 Å². The van der Waals surface area contributed by atoms with Crippen LogP contribution in [0, 0.1) is 0 Å². The Hall–Kier alpha value is -1.31. The summed E-state index contributed by atoms with van der Waals surface area (Å²) in [7, 11) is -3.59. The number of carbonyl (C=O) groups is 1. The van der Waals surface area contributed by atoms with Gasteiger partial charge in [0.1, 0.15) is 0 Å². The second kappa shape index (κ2) is 8.21. The first-order valence-electron chi connectivity index (χ1n) is 6.37. The Kier molecular flexibility index (Phi) is 6.94. The van der Waals surface area contributed by atoms with Gasteiger partial charge in [-0.25, -0.2) is 17.9 Å². The third-order valence-electron chi connectivity index (χ3n) is 2.70. The average Bonchev–Trinajstić information content (AvgIpc) is 2.43. The van der Waals surface area contributed by atoms with Gasteiger partial charge in [0, 0.05) is 12.1 Å². The highest BCUT2D eigenvalue weighted by Crippen LogP contribution is 2.14. The van der Waals surface area contributed by atoms with Crippen molar-refractivity contribution in [3.63, 3.8) is 0 Å². The van der Waals surface area contributed by atoms with Gasteiger partial charge in [0.15, 0.2) is 0 Å². The van der Waals surface area contributed by atoms with Gasteiger partial charge in [-0.05, 0) is 49.1 Å². The Morgan fingerprint density at radius 2 is 2.19 bits per heavy atom. The Bertz CT molecular complexity index is 611. The smallest absolute Gasteiger partial charge is 0.328 e. The van der Waals surface area contributed by atoms with Crippen LogP contribution in [0.15, 0.2) is 35.2 Å². The van der Waals surface area contributed by atoms with Crippen molar-refractivity contribution < 1.29 is 18.3 Å². The summed E-state index contributed by atoms with van der Waals surface area (Å²) in [5, 5.41) is 8.59. The predicted octanol–water partition coefficient (Wildman–Crippen LogP) is 2.20. The summed E-state index contributed by atoms with van der Waals surface area (Å²) in [5.41, 5.74) is 0.525. The fourth-order valence-electron chi connectivity index (χ4n) is 1.64. The Labute approximate surface area is 129 Å². The van der Waals surface area contributed by atoms with Gasteiger partial charge >= 0.3 is 5.97 Å². The first-order chi connectivity index (χ1) is 9.85. The number of nitrogens with one attached hydrogen (secondary N) is 1. The largest absolute Gasteiger partial charge is 0.478 e. The van der Waals surface area contributed by atoms with Gasteiger partial charge in [0.25, 0.3) is 0 Å². The van der Waals surface area contributed by atoms with Crippen molar-refractivity contribution in [2.75, 3.05) is 12.0 Å². The van der Waals surface area contributed by atoms with E-state index in [0.29, 0.717) is 5.56 Å². The van der Waals surface area contributed by atoms with E-state index in [2.05, 4.69) is 4.72 Å². The molecule has 0 radical (unpaired) electrons. The van der Waals surface area contributed by atoms with Crippen molar-refractivity contribution in [1.82, 2.24) is 4.72 Å². The standard InChI is InChI=1S/C14H19NO4S2/c1-11(8-9-20-2)15-21(18,19)13-5-3-4-12(10-13)6-7-14(16)17/h3-7,10-11,15H,8-9H2,1-2H3,(H,16,17)/b7-6+. The van der Waals surface area contributed by atoms with Crippen LogP contribution in [0.1, 0.15) is 18.9 Å². The highest BCUT2D eigenvalue weighted by atomic mass is 32.2. The number of carboxylic acid groups (broad SMARTS) is 1. The summed E-state index contributed by atoms with van der Waals surface area (Å²) in [6.45, 7) is 1.82. The second-order valence-electron chi connectivity index (χ2n) is 4.55. The molecule has 1 unspecified atom stereocenters. The van der Waals surface area contributed by atoms with Crippen molar-refractivity contribution in [2.45, 2.75) is 24.3 Å². The molecular weight excluding hydrogens is 310 g/mol.